The molecule has 0 heterocycles. The smallest absolute Gasteiger partial charge is 0.343 e. The number of carbonyl (C=O) groups is 2. The van der Waals surface area contributed by atoms with Gasteiger partial charge in [0.25, 0.3) is 0 Å². The van der Waals surface area contributed by atoms with Crippen LogP contribution in [0.15, 0.2) is 72.8 Å². The van der Waals surface area contributed by atoms with Gasteiger partial charge in [-0.1, -0.05) is 50.2 Å². The molecule has 0 N–H and O–H groups in total. The number of ketones is 1. The second-order valence-electron chi connectivity index (χ2n) is 7.40. The maximum Gasteiger partial charge on any atom is 0.343 e. The highest BCUT2D eigenvalue weighted by Crippen LogP contribution is 2.33. The molecule has 0 aliphatic rings. The molecule has 0 bridgehead atoms. The fourth-order valence-electron chi connectivity index (χ4n) is 3.15. The number of hydrogen-bond donors (Lipinski definition) is 0. The molecular formula is C25H24O4. The normalized spacial score (nSPS) is 11.0. The van der Waals surface area contributed by atoms with E-state index < -0.39 is 5.97 Å². The molecule has 0 unspecified atom stereocenters. The summed E-state index contributed by atoms with van der Waals surface area (Å²) in [6.07, 6.45) is 0. The number of esters is 1. The van der Waals surface area contributed by atoms with Crippen LogP contribution >= 0.6 is 0 Å². The van der Waals surface area contributed by atoms with Gasteiger partial charge in [0.05, 0.1) is 12.7 Å². The zero-order chi connectivity index (χ0) is 21.0. The van der Waals surface area contributed by atoms with Gasteiger partial charge in [0.1, 0.15) is 11.5 Å². The maximum atomic E-state index is 12.4. The number of hydrogen-bond acceptors (Lipinski definition) is 4. The maximum absolute atomic E-state index is 12.4. The summed E-state index contributed by atoms with van der Waals surface area (Å²) in [5.41, 5.74) is 2.87. The third-order valence-electron chi connectivity index (χ3n) is 5.10. The predicted molar refractivity (Wildman–Crippen MR) is 113 cm³/mol. The molecule has 4 heteroatoms. The van der Waals surface area contributed by atoms with E-state index in [1.54, 1.807) is 43.5 Å². The lowest BCUT2D eigenvalue weighted by molar-refractivity contribution is 0.0734. The molecule has 0 amide bonds. The Morgan fingerprint density at radius 3 is 1.79 bits per heavy atom. The topological polar surface area (TPSA) is 52.6 Å². The highest BCUT2D eigenvalue weighted by Gasteiger charge is 2.23. The van der Waals surface area contributed by atoms with E-state index in [0.717, 1.165) is 16.9 Å². The molecule has 148 valence electrons. The van der Waals surface area contributed by atoms with Crippen LogP contribution in [-0.2, 0) is 5.41 Å². The monoisotopic (exact) mass is 388 g/mol. The Bertz CT molecular complexity index is 1020. The van der Waals surface area contributed by atoms with Crippen LogP contribution in [0.1, 0.15) is 52.6 Å². The Labute approximate surface area is 171 Å². The van der Waals surface area contributed by atoms with E-state index in [-0.39, 0.29) is 11.2 Å². The van der Waals surface area contributed by atoms with Gasteiger partial charge < -0.3 is 9.47 Å². The first-order valence-corrected chi connectivity index (χ1v) is 9.39. The lowest BCUT2D eigenvalue weighted by Crippen LogP contribution is -2.18. The van der Waals surface area contributed by atoms with Crippen molar-refractivity contribution in [2.75, 3.05) is 7.11 Å². The van der Waals surface area contributed by atoms with Crippen LogP contribution in [0.25, 0.3) is 0 Å². The number of methoxy groups -OCH3 is 1. The summed E-state index contributed by atoms with van der Waals surface area (Å²) in [4.78, 5) is 23.9. The first-order chi connectivity index (χ1) is 13.8. The van der Waals surface area contributed by atoms with Gasteiger partial charge in [0, 0.05) is 11.0 Å². The molecule has 0 saturated carbocycles. The molecule has 0 saturated heterocycles. The standard InChI is InChI=1S/C25H24O4/c1-17(26)18-6-5-7-19(16-18)24(27)29-23-14-10-21(11-15-23)25(2,3)20-8-12-22(28-4)13-9-20/h5-16H,1-4H3. The van der Waals surface area contributed by atoms with Gasteiger partial charge >= 0.3 is 5.97 Å². The predicted octanol–water partition coefficient (Wildman–Crippen LogP) is 5.44. The zero-order valence-electron chi connectivity index (χ0n) is 17.1. The van der Waals surface area contributed by atoms with Crippen molar-refractivity contribution in [1.82, 2.24) is 0 Å². The molecule has 0 spiro atoms. The van der Waals surface area contributed by atoms with Crippen LogP contribution in [0.3, 0.4) is 0 Å². The van der Waals surface area contributed by atoms with Crippen molar-refractivity contribution >= 4 is 11.8 Å². The van der Waals surface area contributed by atoms with Gasteiger partial charge in [0.15, 0.2) is 5.78 Å². The Morgan fingerprint density at radius 2 is 1.28 bits per heavy atom. The number of rotatable bonds is 6. The Morgan fingerprint density at radius 1 is 0.759 bits per heavy atom. The molecule has 4 nitrogen and oxygen atoms in total. The van der Waals surface area contributed by atoms with Crippen molar-refractivity contribution < 1.29 is 19.1 Å². The average Bonchev–Trinajstić information content (AvgIpc) is 2.74. The molecule has 3 aromatic carbocycles. The van der Waals surface area contributed by atoms with E-state index in [0.29, 0.717) is 16.9 Å². The van der Waals surface area contributed by atoms with Crippen molar-refractivity contribution in [3.05, 3.63) is 95.1 Å². The van der Waals surface area contributed by atoms with E-state index in [2.05, 4.69) is 26.0 Å². The highest BCUT2D eigenvalue weighted by atomic mass is 16.5. The SMILES string of the molecule is COc1ccc(C(C)(C)c2ccc(OC(=O)c3cccc(C(C)=O)c3)cc2)cc1. The van der Waals surface area contributed by atoms with Crippen LogP contribution < -0.4 is 9.47 Å². The van der Waals surface area contributed by atoms with E-state index >= 15 is 0 Å². The van der Waals surface area contributed by atoms with E-state index in [9.17, 15) is 9.59 Å². The molecule has 0 radical (unpaired) electrons. The van der Waals surface area contributed by atoms with Crippen LogP contribution in [0.2, 0.25) is 0 Å². The fraction of sp³-hybridized carbons (Fsp3) is 0.200. The zero-order valence-corrected chi connectivity index (χ0v) is 17.1. The van der Waals surface area contributed by atoms with Gasteiger partial charge in [-0.2, -0.15) is 0 Å². The Kier molecular flexibility index (Phi) is 5.83. The van der Waals surface area contributed by atoms with Crippen LogP contribution in [0.4, 0.5) is 0 Å². The summed E-state index contributed by atoms with van der Waals surface area (Å²) >= 11 is 0. The molecule has 0 fully saturated rings. The summed E-state index contributed by atoms with van der Waals surface area (Å²) < 4.78 is 10.7. The third-order valence-corrected chi connectivity index (χ3v) is 5.10. The van der Waals surface area contributed by atoms with E-state index in [1.807, 2.05) is 24.3 Å². The van der Waals surface area contributed by atoms with Crippen molar-refractivity contribution in [2.24, 2.45) is 0 Å². The first-order valence-electron chi connectivity index (χ1n) is 9.39. The largest absolute Gasteiger partial charge is 0.497 e. The second kappa shape index (κ2) is 8.31. The number of Topliss-reactive ketones (excluding diaryl/α,β-unsaturated/α-hetero) is 1. The molecule has 29 heavy (non-hydrogen) atoms. The summed E-state index contributed by atoms with van der Waals surface area (Å²) in [6.45, 7) is 5.75. The average molecular weight is 388 g/mol. The number of benzene rings is 3. The molecular weight excluding hydrogens is 364 g/mol. The van der Waals surface area contributed by atoms with E-state index in [4.69, 9.17) is 9.47 Å². The number of ether oxygens (including phenoxy) is 2. The first kappa shape index (κ1) is 20.3. The Balaban J connectivity index is 1.76. The van der Waals surface area contributed by atoms with Crippen molar-refractivity contribution in [2.45, 2.75) is 26.2 Å². The van der Waals surface area contributed by atoms with Gasteiger partial charge in [-0.15, -0.1) is 0 Å². The lowest BCUT2D eigenvalue weighted by Gasteiger charge is -2.26. The summed E-state index contributed by atoms with van der Waals surface area (Å²) in [7, 11) is 1.65. The molecule has 0 aliphatic carbocycles. The quantitative estimate of drug-likeness (QED) is 0.320. The Hall–Kier alpha value is -3.40. The van der Waals surface area contributed by atoms with Gasteiger partial charge in [-0.25, -0.2) is 4.79 Å². The molecule has 0 atom stereocenters. The van der Waals surface area contributed by atoms with Crippen molar-refractivity contribution in [1.29, 1.82) is 0 Å². The van der Waals surface area contributed by atoms with Crippen LogP contribution in [0, 0.1) is 0 Å². The molecule has 3 rings (SSSR count). The minimum absolute atomic E-state index is 0.0928. The molecule has 0 aliphatic heterocycles. The third kappa shape index (κ3) is 4.54. The van der Waals surface area contributed by atoms with Crippen LogP contribution in [0.5, 0.6) is 11.5 Å². The number of carbonyl (C=O) groups excluding carboxylic acids is 2. The summed E-state index contributed by atoms with van der Waals surface area (Å²) in [6, 6.07) is 22.0. The fourth-order valence-corrected chi connectivity index (χ4v) is 3.15. The minimum Gasteiger partial charge on any atom is -0.497 e. The van der Waals surface area contributed by atoms with Gasteiger partial charge in [0.2, 0.25) is 0 Å². The van der Waals surface area contributed by atoms with Crippen molar-refractivity contribution in [3.63, 3.8) is 0 Å². The lowest BCUT2D eigenvalue weighted by atomic mass is 9.78. The van der Waals surface area contributed by atoms with Gasteiger partial charge in [-0.05, 0) is 54.4 Å². The van der Waals surface area contributed by atoms with E-state index in [1.165, 1.54) is 6.92 Å². The van der Waals surface area contributed by atoms with Crippen molar-refractivity contribution in [3.8, 4) is 11.5 Å². The molecule has 0 aromatic heterocycles. The second-order valence-corrected chi connectivity index (χ2v) is 7.40. The molecule has 3 aromatic rings. The highest BCUT2D eigenvalue weighted by molar-refractivity contribution is 5.98. The summed E-state index contributed by atoms with van der Waals surface area (Å²) in [5, 5.41) is 0. The summed E-state index contributed by atoms with van der Waals surface area (Å²) in [5.74, 6) is 0.693. The minimum atomic E-state index is -0.490. The van der Waals surface area contributed by atoms with Gasteiger partial charge in [-0.3, -0.25) is 4.79 Å². The van der Waals surface area contributed by atoms with Crippen LogP contribution in [-0.4, -0.2) is 18.9 Å².